The number of rotatable bonds is 7. The van der Waals surface area contributed by atoms with Gasteiger partial charge in [0.2, 0.25) is 0 Å². The largest absolute Gasteiger partial charge is 0.497 e. The lowest BCUT2D eigenvalue weighted by atomic mass is 10.2. The van der Waals surface area contributed by atoms with Crippen molar-refractivity contribution >= 4 is 11.8 Å². The zero-order valence-electron chi connectivity index (χ0n) is 12.6. The summed E-state index contributed by atoms with van der Waals surface area (Å²) < 4.78 is 5.18. The van der Waals surface area contributed by atoms with E-state index in [9.17, 15) is 0 Å². The zero-order chi connectivity index (χ0) is 14.2. The summed E-state index contributed by atoms with van der Waals surface area (Å²) in [7, 11) is 3.91. The van der Waals surface area contributed by atoms with E-state index in [2.05, 4.69) is 41.2 Å². The molecule has 1 aliphatic rings. The molecule has 1 N–H and O–H groups in total. The highest BCUT2D eigenvalue weighted by molar-refractivity contribution is 7.99. The Hall–Kier alpha value is -0.710. The molecule has 0 saturated carbocycles. The van der Waals surface area contributed by atoms with Crippen LogP contribution in [0.5, 0.6) is 5.75 Å². The van der Waals surface area contributed by atoms with Gasteiger partial charge in [-0.25, -0.2) is 0 Å². The number of benzene rings is 1. The predicted molar refractivity (Wildman–Crippen MR) is 87.7 cm³/mol. The minimum absolute atomic E-state index is 0.866. The van der Waals surface area contributed by atoms with Crippen molar-refractivity contribution in [2.24, 2.45) is 0 Å². The Kier molecular flexibility index (Phi) is 6.70. The summed E-state index contributed by atoms with van der Waals surface area (Å²) in [5.74, 6) is 2.16. The SMILES string of the molecule is COc1ccc(CN(C)CCSC2CCNCC2)cc1. The molecule has 2 rings (SSSR count). The van der Waals surface area contributed by atoms with Crippen molar-refractivity contribution in [2.75, 3.05) is 39.5 Å². The highest BCUT2D eigenvalue weighted by Gasteiger charge is 2.13. The molecular weight excluding hydrogens is 268 g/mol. The van der Waals surface area contributed by atoms with Crippen molar-refractivity contribution < 1.29 is 4.74 Å². The third-order valence-electron chi connectivity index (χ3n) is 3.72. The van der Waals surface area contributed by atoms with Gasteiger partial charge < -0.3 is 15.0 Å². The lowest BCUT2D eigenvalue weighted by Gasteiger charge is -2.23. The molecule has 20 heavy (non-hydrogen) atoms. The monoisotopic (exact) mass is 294 g/mol. The fourth-order valence-electron chi connectivity index (χ4n) is 2.46. The Bertz CT molecular complexity index is 377. The molecule has 0 atom stereocenters. The number of nitrogens with one attached hydrogen (secondary N) is 1. The summed E-state index contributed by atoms with van der Waals surface area (Å²) in [6, 6.07) is 8.37. The van der Waals surface area contributed by atoms with Crippen LogP contribution in [0.25, 0.3) is 0 Å². The Balaban J connectivity index is 1.65. The van der Waals surface area contributed by atoms with Gasteiger partial charge in [-0.2, -0.15) is 11.8 Å². The highest BCUT2D eigenvalue weighted by Crippen LogP contribution is 2.20. The first-order valence-electron chi connectivity index (χ1n) is 7.41. The van der Waals surface area contributed by atoms with E-state index in [1.807, 2.05) is 12.1 Å². The molecule has 0 aliphatic carbocycles. The standard InChI is InChI=1S/C16H26N2OS/c1-18(11-12-20-16-7-9-17-10-8-16)13-14-3-5-15(19-2)6-4-14/h3-6,16-17H,7-13H2,1-2H3. The molecular formula is C16H26N2OS. The quantitative estimate of drug-likeness (QED) is 0.835. The zero-order valence-corrected chi connectivity index (χ0v) is 13.4. The van der Waals surface area contributed by atoms with Crippen LogP contribution in [-0.4, -0.2) is 49.7 Å². The first-order chi connectivity index (χ1) is 9.78. The topological polar surface area (TPSA) is 24.5 Å². The number of hydrogen-bond donors (Lipinski definition) is 1. The van der Waals surface area contributed by atoms with E-state index in [1.54, 1.807) is 7.11 Å². The van der Waals surface area contributed by atoms with Crippen LogP contribution >= 0.6 is 11.8 Å². The summed E-state index contributed by atoms with van der Waals surface area (Å²) in [5, 5.41) is 4.29. The van der Waals surface area contributed by atoms with Crippen LogP contribution in [0.1, 0.15) is 18.4 Å². The van der Waals surface area contributed by atoms with E-state index in [-0.39, 0.29) is 0 Å². The molecule has 1 fully saturated rings. The van der Waals surface area contributed by atoms with Gasteiger partial charge in [0, 0.05) is 24.1 Å². The maximum atomic E-state index is 5.18. The van der Waals surface area contributed by atoms with Gasteiger partial charge in [0.25, 0.3) is 0 Å². The minimum atomic E-state index is 0.866. The average Bonchev–Trinajstić information content (AvgIpc) is 2.49. The van der Waals surface area contributed by atoms with Crippen LogP contribution in [0.2, 0.25) is 0 Å². The summed E-state index contributed by atoms with van der Waals surface area (Å²) in [6.07, 6.45) is 2.65. The second-order valence-electron chi connectivity index (χ2n) is 5.41. The molecule has 1 saturated heterocycles. The maximum Gasteiger partial charge on any atom is 0.118 e. The lowest BCUT2D eigenvalue weighted by Crippen LogP contribution is -2.30. The van der Waals surface area contributed by atoms with Gasteiger partial charge in [-0.05, 0) is 50.7 Å². The molecule has 1 aliphatic heterocycles. The summed E-state index contributed by atoms with van der Waals surface area (Å²) in [5.41, 5.74) is 1.35. The smallest absolute Gasteiger partial charge is 0.118 e. The number of ether oxygens (including phenoxy) is 1. The van der Waals surface area contributed by atoms with Crippen LogP contribution in [0.4, 0.5) is 0 Å². The lowest BCUT2D eigenvalue weighted by molar-refractivity contribution is 0.348. The Morgan fingerprint density at radius 2 is 1.95 bits per heavy atom. The van der Waals surface area contributed by atoms with E-state index in [0.717, 1.165) is 24.1 Å². The van der Waals surface area contributed by atoms with Crippen LogP contribution in [-0.2, 0) is 6.54 Å². The van der Waals surface area contributed by atoms with Crippen molar-refractivity contribution in [3.05, 3.63) is 29.8 Å². The van der Waals surface area contributed by atoms with Crippen molar-refractivity contribution in [1.82, 2.24) is 10.2 Å². The Morgan fingerprint density at radius 1 is 1.25 bits per heavy atom. The molecule has 1 aromatic carbocycles. The van der Waals surface area contributed by atoms with Gasteiger partial charge in [0.15, 0.2) is 0 Å². The number of piperidine rings is 1. The number of thioether (sulfide) groups is 1. The van der Waals surface area contributed by atoms with Crippen LogP contribution in [0, 0.1) is 0 Å². The van der Waals surface area contributed by atoms with Crippen molar-refractivity contribution in [2.45, 2.75) is 24.6 Å². The van der Waals surface area contributed by atoms with E-state index < -0.39 is 0 Å². The fraction of sp³-hybridized carbons (Fsp3) is 0.625. The van der Waals surface area contributed by atoms with Crippen molar-refractivity contribution in [1.29, 1.82) is 0 Å². The summed E-state index contributed by atoms with van der Waals surface area (Å²) in [6.45, 7) is 4.55. The molecule has 1 aromatic rings. The molecule has 0 unspecified atom stereocenters. The van der Waals surface area contributed by atoms with E-state index in [0.29, 0.717) is 0 Å². The molecule has 112 valence electrons. The summed E-state index contributed by atoms with van der Waals surface area (Å²) >= 11 is 2.14. The molecule has 4 heteroatoms. The van der Waals surface area contributed by atoms with E-state index in [1.165, 1.54) is 37.2 Å². The fourth-order valence-corrected chi connectivity index (χ4v) is 3.78. The number of hydrogen-bond acceptors (Lipinski definition) is 4. The molecule has 0 radical (unpaired) electrons. The summed E-state index contributed by atoms with van der Waals surface area (Å²) in [4.78, 5) is 2.40. The van der Waals surface area contributed by atoms with E-state index >= 15 is 0 Å². The van der Waals surface area contributed by atoms with Gasteiger partial charge in [0.05, 0.1) is 7.11 Å². The van der Waals surface area contributed by atoms with Crippen LogP contribution < -0.4 is 10.1 Å². The molecule has 1 heterocycles. The minimum Gasteiger partial charge on any atom is -0.497 e. The van der Waals surface area contributed by atoms with Gasteiger partial charge >= 0.3 is 0 Å². The van der Waals surface area contributed by atoms with Gasteiger partial charge in [-0.3, -0.25) is 0 Å². The average molecular weight is 294 g/mol. The van der Waals surface area contributed by atoms with Crippen molar-refractivity contribution in [3.8, 4) is 5.75 Å². The molecule has 3 nitrogen and oxygen atoms in total. The van der Waals surface area contributed by atoms with E-state index in [4.69, 9.17) is 4.74 Å². The molecule has 0 amide bonds. The van der Waals surface area contributed by atoms with Gasteiger partial charge in [-0.1, -0.05) is 12.1 Å². The molecule has 0 bridgehead atoms. The Morgan fingerprint density at radius 3 is 2.60 bits per heavy atom. The number of nitrogens with zero attached hydrogens (tertiary/aromatic N) is 1. The maximum absolute atomic E-state index is 5.18. The second-order valence-corrected chi connectivity index (χ2v) is 6.81. The van der Waals surface area contributed by atoms with Gasteiger partial charge in [-0.15, -0.1) is 0 Å². The normalized spacial score (nSPS) is 16.6. The highest BCUT2D eigenvalue weighted by atomic mass is 32.2. The second kappa shape index (κ2) is 8.55. The predicted octanol–water partition coefficient (Wildman–Crippen LogP) is 2.61. The first kappa shape index (κ1) is 15.7. The van der Waals surface area contributed by atoms with Crippen LogP contribution in [0.15, 0.2) is 24.3 Å². The van der Waals surface area contributed by atoms with Crippen molar-refractivity contribution in [3.63, 3.8) is 0 Å². The molecule has 0 spiro atoms. The number of methoxy groups -OCH3 is 1. The first-order valence-corrected chi connectivity index (χ1v) is 8.46. The van der Waals surface area contributed by atoms with Gasteiger partial charge in [0.1, 0.15) is 5.75 Å². The van der Waals surface area contributed by atoms with Crippen LogP contribution in [0.3, 0.4) is 0 Å². The molecule has 0 aromatic heterocycles. The Labute approximate surface area is 127 Å². The third kappa shape index (κ3) is 5.35. The third-order valence-corrected chi connectivity index (χ3v) is 5.09.